The predicted molar refractivity (Wildman–Crippen MR) is 64.9 cm³/mol. The van der Waals surface area contributed by atoms with E-state index in [9.17, 15) is 22.4 Å². The molecule has 0 saturated carbocycles. The van der Waals surface area contributed by atoms with Crippen LogP contribution in [0.25, 0.3) is 0 Å². The second-order valence-electron chi connectivity index (χ2n) is 3.95. The van der Waals surface area contributed by atoms with Gasteiger partial charge < -0.3 is 10.5 Å². The number of alkyl halides is 4. The largest absolute Gasteiger partial charge is 0.464 e. The number of halogens is 5. The molecule has 0 aliphatic carbocycles. The molecule has 0 bridgehead atoms. The van der Waals surface area contributed by atoms with Crippen LogP contribution in [0.15, 0.2) is 18.2 Å². The summed E-state index contributed by atoms with van der Waals surface area (Å²) < 4.78 is 55.9. The molecule has 2 atom stereocenters. The first kappa shape index (κ1) is 16.7. The first-order valence-corrected chi connectivity index (χ1v) is 5.98. The molecule has 1 unspecified atom stereocenters. The summed E-state index contributed by atoms with van der Waals surface area (Å²) in [7, 11) is 0. The van der Waals surface area contributed by atoms with Gasteiger partial charge in [0, 0.05) is 5.02 Å². The van der Waals surface area contributed by atoms with Crippen molar-refractivity contribution in [3.8, 4) is 0 Å². The Hall–Kier alpha value is -1.34. The third kappa shape index (κ3) is 4.08. The van der Waals surface area contributed by atoms with Crippen LogP contribution >= 0.6 is 11.6 Å². The molecule has 2 N–H and O–H groups in total. The Kier molecular flexibility index (Phi) is 5.35. The van der Waals surface area contributed by atoms with Gasteiger partial charge in [0.1, 0.15) is 0 Å². The van der Waals surface area contributed by atoms with E-state index in [0.29, 0.717) is 12.1 Å². The minimum Gasteiger partial charge on any atom is -0.464 e. The number of hydrogen-bond acceptors (Lipinski definition) is 3. The molecule has 1 aromatic rings. The molecule has 0 aliphatic heterocycles. The Bertz CT molecular complexity index is 493. The monoisotopic (exact) mass is 313 g/mol. The van der Waals surface area contributed by atoms with E-state index in [0.717, 1.165) is 6.07 Å². The molecule has 0 spiro atoms. The molecule has 0 aliphatic rings. The van der Waals surface area contributed by atoms with Gasteiger partial charge in [-0.05, 0) is 30.7 Å². The van der Waals surface area contributed by atoms with Crippen LogP contribution in [0.3, 0.4) is 0 Å². The predicted octanol–water partition coefficient (Wildman–Crippen LogP) is 3.26. The van der Waals surface area contributed by atoms with Crippen LogP contribution in [0.4, 0.5) is 17.6 Å². The average Bonchev–Trinajstić information content (AvgIpc) is 2.35. The van der Waals surface area contributed by atoms with Crippen molar-refractivity contribution in [2.24, 2.45) is 5.73 Å². The van der Waals surface area contributed by atoms with Crippen molar-refractivity contribution in [2.75, 3.05) is 6.61 Å². The van der Waals surface area contributed by atoms with Gasteiger partial charge in [0.2, 0.25) is 6.17 Å². The third-order valence-corrected chi connectivity index (χ3v) is 2.68. The van der Waals surface area contributed by atoms with Gasteiger partial charge in [-0.25, -0.2) is 9.18 Å². The van der Waals surface area contributed by atoms with Gasteiger partial charge >= 0.3 is 12.1 Å². The molecule has 0 fully saturated rings. The Balaban J connectivity index is 3.07. The van der Waals surface area contributed by atoms with Crippen LogP contribution in [0.1, 0.15) is 24.1 Å². The van der Waals surface area contributed by atoms with Crippen molar-refractivity contribution < 1.29 is 27.1 Å². The molecular formula is C12H12ClF4NO2. The smallest absolute Gasteiger partial charge is 0.416 e. The zero-order valence-electron chi connectivity index (χ0n) is 10.4. The molecule has 8 heteroatoms. The van der Waals surface area contributed by atoms with E-state index in [1.54, 1.807) is 0 Å². The van der Waals surface area contributed by atoms with Gasteiger partial charge in [0.25, 0.3) is 0 Å². The Morgan fingerprint density at radius 3 is 2.50 bits per heavy atom. The summed E-state index contributed by atoms with van der Waals surface area (Å²) in [6, 6.07) is 0.833. The summed E-state index contributed by atoms with van der Waals surface area (Å²) in [6.07, 6.45) is -6.91. The number of esters is 1. The summed E-state index contributed by atoms with van der Waals surface area (Å²) in [5, 5.41) is -0.249. The van der Waals surface area contributed by atoms with E-state index in [1.807, 2.05) is 0 Å². The van der Waals surface area contributed by atoms with Crippen molar-refractivity contribution in [1.29, 1.82) is 0 Å². The van der Waals surface area contributed by atoms with Crippen molar-refractivity contribution in [3.05, 3.63) is 34.3 Å². The van der Waals surface area contributed by atoms with E-state index >= 15 is 0 Å². The average molecular weight is 314 g/mol. The van der Waals surface area contributed by atoms with Gasteiger partial charge in [-0.2, -0.15) is 13.2 Å². The zero-order chi connectivity index (χ0) is 15.5. The van der Waals surface area contributed by atoms with Crippen molar-refractivity contribution in [1.82, 2.24) is 0 Å². The van der Waals surface area contributed by atoms with Crippen LogP contribution < -0.4 is 5.73 Å². The summed E-state index contributed by atoms with van der Waals surface area (Å²) in [4.78, 5) is 11.2. The number of carbonyl (C=O) groups excluding carboxylic acids is 1. The third-order valence-electron chi connectivity index (χ3n) is 2.46. The number of benzene rings is 1. The van der Waals surface area contributed by atoms with E-state index in [1.165, 1.54) is 6.92 Å². The number of carbonyl (C=O) groups is 1. The minimum atomic E-state index is -4.64. The zero-order valence-corrected chi connectivity index (χ0v) is 11.1. The van der Waals surface area contributed by atoms with Crippen LogP contribution in [-0.4, -0.2) is 18.7 Å². The fourth-order valence-corrected chi connectivity index (χ4v) is 1.75. The lowest BCUT2D eigenvalue weighted by atomic mass is 10.0. The number of ether oxygens (including phenoxy) is 1. The standard InChI is InChI=1S/C12H12ClF4NO2/c1-2-20-11(19)9(14)10(18)6-3-7(12(15,16)17)5-8(13)4-6/h3-5,9-10H,2,18H2,1H3/t9?,10-/m0/s1. The van der Waals surface area contributed by atoms with Crippen molar-refractivity contribution in [2.45, 2.75) is 25.3 Å². The highest BCUT2D eigenvalue weighted by Crippen LogP contribution is 2.33. The summed E-state index contributed by atoms with van der Waals surface area (Å²) in [5.74, 6) is -1.23. The molecule has 20 heavy (non-hydrogen) atoms. The van der Waals surface area contributed by atoms with E-state index in [-0.39, 0.29) is 17.2 Å². The second-order valence-corrected chi connectivity index (χ2v) is 4.39. The number of nitrogens with two attached hydrogens (primary N) is 1. The maximum Gasteiger partial charge on any atom is 0.416 e. The lowest BCUT2D eigenvalue weighted by molar-refractivity contribution is -0.149. The summed E-state index contributed by atoms with van der Waals surface area (Å²) in [5.41, 5.74) is 4.15. The van der Waals surface area contributed by atoms with Gasteiger partial charge in [-0.3, -0.25) is 0 Å². The highest BCUT2D eigenvalue weighted by atomic mass is 35.5. The Labute approximate surface area is 117 Å². The maximum atomic E-state index is 13.7. The summed E-state index contributed by atoms with van der Waals surface area (Å²) >= 11 is 5.55. The Morgan fingerprint density at radius 2 is 2.00 bits per heavy atom. The number of hydrogen-bond donors (Lipinski definition) is 1. The molecular weight excluding hydrogens is 302 g/mol. The van der Waals surface area contributed by atoms with Gasteiger partial charge in [-0.1, -0.05) is 11.6 Å². The second kappa shape index (κ2) is 6.41. The highest BCUT2D eigenvalue weighted by Gasteiger charge is 2.33. The molecule has 0 radical (unpaired) electrons. The maximum absolute atomic E-state index is 13.7. The Morgan fingerprint density at radius 1 is 1.40 bits per heavy atom. The van der Waals surface area contributed by atoms with Gasteiger partial charge in [0.15, 0.2) is 0 Å². The molecule has 0 aromatic heterocycles. The van der Waals surface area contributed by atoms with Gasteiger partial charge in [-0.15, -0.1) is 0 Å². The first-order chi connectivity index (χ1) is 9.16. The van der Waals surface area contributed by atoms with Crippen LogP contribution in [0, 0.1) is 0 Å². The first-order valence-electron chi connectivity index (χ1n) is 5.60. The van der Waals surface area contributed by atoms with Crippen LogP contribution in [0.5, 0.6) is 0 Å². The fourth-order valence-electron chi connectivity index (χ4n) is 1.51. The molecule has 3 nitrogen and oxygen atoms in total. The topological polar surface area (TPSA) is 52.3 Å². The lowest BCUT2D eigenvalue weighted by Crippen LogP contribution is -2.31. The molecule has 1 rings (SSSR count). The van der Waals surface area contributed by atoms with E-state index in [2.05, 4.69) is 4.74 Å². The minimum absolute atomic E-state index is 0.0602. The van der Waals surface area contributed by atoms with E-state index < -0.39 is 29.9 Å². The molecule has 0 heterocycles. The van der Waals surface area contributed by atoms with Crippen LogP contribution in [0.2, 0.25) is 5.02 Å². The van der Waals surface area contributed by atoms with Crippen LogP contribution in [-0.2, 0) is 15.7 Å². The highest BCUT2D eigenvalue weighted by molar-refractivity contribution is 6.30. The molecule has 0 saturated heterocycles. The molecule has 0 amide bonds. The van der Waals surface area contributed by atoms with E-state index in [4.69, 9.17) is 17.3 Å². The fraction of sp³-hybridized carbons (Fsp3) is 0.417. The molecule has 112 valence electrons. The number of rotatable bonds is 4. The van der Waals surface area contributed by atoms with Crippen molar-refractivity contribution >= 4 is 17.6 Å². The summed E-state index contributed by atoms with van der Waals surface area (Å²) in [6.45, 7) is 1.41. The normalized spacial score (nSPS) is 14.8. The van der Waals surface area contributed by atoms with Gasteiger partial charge in [0.05, 0.1) is 18.2 Å². The lowest BCUT2D eigenvalue weighted by Gasteiger charge is -2.17. The molecule has 1 aromatic carbocycles. The van der Waals surface area contributed by atoms with Crippen molar-refractivity contribution in [3.63, 3.8) is 0 Å². The quantitative estimate of drug-likeness (QED) is 0.685. The SMILES string of the molecule is CCOC(=O)C(F)[C@@H](N)c1cc(Cl)cc(C(F)(F)F)c1.